The van der Waals surface area contributed by atoms with E-state index in [1.54, 1.807) is 6.92 Å². The van der Waals surface area contributed by atoms with Crippen molar-refractivity contribution in [3.63, 3.8) is 0 Å². The van der Waals surface area contributed by atoms with Gasteiger partial charge in [0, 0.05) is 6.54 Å². The Bertz CT molecular complexity index is 537. The topological polar surface area (TPSA) is 113 Å². The Morgan fingerprint density at radius 3 is 2.45 bits per heavy atom. The normalized spacial score (nSPS) is 13.7. The third-order valence-electron chi connectivity index (χ3n) is 2.35. The van der Waals surface area contributed by atoms with Crippen LogP contribution in [0.4, 0.5) is 0 Å². The highest BCUT2D eigenvalue weighted by Gasteiger charge is 2.32. The van der Waals surface area contributed by atoms with Crippen molar-refractivity contribution in [2.75, 3.05) is 6.54 Å². The van der Waals surface area contributed by atoms with E-state index in [4.69, 9.17) is 10.9 Å². The van der Waals surface area contributed by atoms with Gasteiger partial charge in [-0.25, -0.2) is 13.9 Å². The van der Waals surface area contributed by atoms with Gasteiger partial charge in [0.05, 0.1) is 4.91 Å². The average molecular weight is 301 g/mol. The minimum absolute atomic E-state index is 0.211. The molecule has 112 valence electrons. The largest absolute Gasteiger partial charge is 0.307 e. The number of carbonyl (C=O) groups excluding carboxylic acids is 1. The van der Waals surface area contributed by atoms with Crippen molar-refractivity contribution in [3.8, 4) is 0 Å². The number of amides is 1. The molecule has 0 aliphatic heterocycles. The van der Waals surface area contributed by atoms with E-state index in [0.29, 0.717) is 9.88 Å². The van der Waals surface area contributed by atoms with Gasteiger partial charge in [0.1, 0.15) is 0 Å². The highest BCUT2D eigenvalue weighted by atomic mass is 32.2. The highest BCUT2D eigenvalue weighted by Crippen LogP contribution is 2.16. The quantitative estimate of drug-likeness (QED) is 0.195. The summed E-state index contributed by atoms with van der Waals surface area (Å²) in [5.41, 5.74) is 7.37. The van der Waals surface area contributed by atoms with Crippen LogP contribution in [0.2, 0.25) is 0 Å². The van der Waals surface area contributed by atoms with E-state index in [0.717, 1.165) is 0 Å². The number of sulfonamides is 1. The molecule has 0 aromatic carbocycles. The fourth-order valence-corrected chi connectivity index (χ4v) is 2.56. The number of hydrogen-bond donors (Lipinski definition) is 3. The van der Waals surface area contributed by atoms with Gasteiger partial charge in [0.15, 0.2) is 6.17 Å². The molecule has 0 aliphatic rings. The molecule has 0 heterocycles. The number of hydrogen-bond acceptors (Lipinski definition) is 5. The zero-order valence-corrected chi connectivity index (χ0v) is 12.1. The Kier molecular flexibility index (Phi) is 7.08. The molecule has 0 bridgehead atoms. The van der Waals surface area contributed by atoms with E-state index in [2.05, 4.69) is 19.7 Å². The Labute approximate surface area is 118 Å². The van der Waals surface area contributed by atoms with E-state index >= 15 is 0 Å². The van der Waals surface area contributed by atoms with Crippen LogP contribution >= 0.6 is 0 Å². The summed E-state index contributed by atoms with van der Waals surface area (Å²) in [6.45, 7) is 11.8. The Morgan fingerprint density at radius 2 is 2.05 bits per heavy atom. The summed E-state index contributed by atoms with van der Waals surface area (Å²) in [7, 11) is -4.08. The molecule has 20 heavy (non-hydrogen) atoms. The van der Waals surface area contributed by atoms with Crippen LogP contribution in [0.5, 0.6) is 0 Å². The lowest BCUT2D eigenvalue weighted by atomic mass is 10.3. The number of nitrogens with one attached hydrogen (secondary N) is 1. The molecule has 0 saturated heterocycles. The third-order valence-corrected chi connectivity index (χ3v) is 4.12. The lowest BCUT2D eigenvalue weighted by Crippen LogP contribution is -2.54. The molecule has 0 spiro atoms. The Morgan fingerprint density at radius 1 is 1.50 bits per heavy atom. The number of allylic oxidation sites excluding steroid dienone is 3. The van der Waals surface area contributed by atoms with E-state index in [1.165, 1.54) is 23.7 Å². The Hall–Kier alpha value is -1.74. The van der Waals surface area contributed by atoms with E-state index < -0.39 is 22.1 Å². The lowest BCUT2D eigenvalue weighted by Gasteiger charge is -2.25. The van der Waals surface area contributed by atoms with Gasteiger partial charge in [-0.3, -0.25) is 10.0 Å². The van der Waals surface area contributed by atoms with Crippen molar-refractivity contribution in [1.82, 2.24) is 9.79 Å². The van der Waals surface area contributed by atoms with Crippen LogP contribution in [-0.2, 0) is 14.8 Å². The van der Waals surface area contributed by atoms with Gasteiger partial charge in [0.25, 0.3) is 5.91 Å². The van der Waals surface area contributed by atoms with Gasteiger partial charge in [-0.05, 0) is 13.0 Å². The molecule has 0 aromatic heterocycles. The molecule has 8 heteroatoms. The minimum Gasteiger partial charge on any atom is -0.307 e. The first kappa shape index (κ1) is 18.3. The molecule has 4 N–H and O–H groups in total. The maximum absolute atomic E-state index is 12.3. The van der Waals surface area contributed by atoms with Gasteiger partial charge >= 0.3 is 0 Å². The van der Waals surface area contributed by atoms with Gasteiger partial charge in [-0.2, -0.15) is 4.31 Å². The zero-order valence-electron chi connectivity index (χ0n) is 11.2. The van der Waals surface area contributed by atoms with E-state index in [-0.39, 0.29) is 11.4 Å². The molecule has 7 nitrogen and oxygen atoms in total. The van der Waals surface area contributed by atoms with Crippen LogP contribution in [-0.4, -0.2) is 36.5 Å². The van der Waals surface area contributed by atoms with Crippen molar-refractivity contribution in [2.24, 2.45) is 5.73 Å². The summed E-state index contributed by atoms with van der Waals surface area (Å²) in [5, 5.41) is 8.54. The van der Waals surface area contributed by atoms with Crippen molar-refractivity contribution in [1.29, 1.82) is 0 Å². The van der Waals surface area contributed by atoms with Gasteiger partial charge < -0.3 is 5.73 Å². The SMILES string of the molecule is C=CCN([C@H](N)C(=O)NO)S(=O)(=O)C(=C)/C=C(\C)C=C. The van der Waals surface area contributed by atoms with Gasteiger partial charge in [-0.1, -0.05) is 30.9 Å². The first-order valence-electron chi connectivity index (χ1n) is 5.54. The fraction of sp³-hybridized carbons (Fsp3) is 0.250. The number of rotatable bonds is 8. The van der Waals surface area contributed by atoms with Crippen molar-refractivity contribution < 1.29 is 18.4 Å². The second kappa shape index (κ2) is 7.75. The zero-order chi connectivity index (χ0) is 15.9. The number of carbonyl (C=O) groups is 1. The molecule has 0 unspecified atom stereocenters. The molecule has 0 aliphatic carbocycles. The monoisotopic (exact) mass is 301 g/mol. The fourth-order valence-electron chi connectivity index (χ4n) is 1.22. The number of nitrogens with two attached hydrogens (primary N) is 1. The average Bonchev–Trinajstić information content (AvgIpc) is 2.42. The summed E-state index contributed by atoms with van der Waals surface area (Å²) >= 11 is 0. The van der Waals surface area contributed by atoms with Crippen LogP contribution in [0.1, 0.15) is 6.92 Å². The maximum Gasteiger partial charge on any atom is 0.276 e. The third kappa shape index (κ3) is 4.42. The molecular weight excluding hydrogens is 282 g/mol. The summed E-state index contributed by atoms with van der Waals surface area (Å²) in [6, 6.07) is 0. The van der Waals surface area contributed by atoms with Crippen LogP contribution in [0.3, 0.4) is 0 Å². The number of nitrogens with zero attached hydrogens (tertiary/aromatic N) is 1. The summed E-state index contributed by atoms with van der Waals surface area (Å²) in [6.07, 6.45) is 2.41. The molecule has 1 amide bonds. The van der Waals surface area contributed by atoms with Crippen LogP contribution in [0.15, 0.2) is 48.4 Å². The Balaban J connectivity index is 5.58. The van der Waals surface area contributed by atoms with Gasteiger partial charge in [0.2, 0.25) is 10.0 Å². The lowest BCUT2D eigenvalue weighted by molar-refractivity contribution is -0.132. The predicted octanol–water partition coefficient (Wildman–Crippen LogP) is 0.240. The van der Waals surface area contributed by atoms with Crippen LogP contribution < -0.4 is 11.2 Å². The molecule has 0 aromatic rings. The smallest absolute Gasteiger partial charge is 0.276 e. The van der Waals surface area contributed by atoms with Crippen molar-refractivity contribution in [3.05, 3.63) is 48.4 Å². The van der Waals surface area contributed by atoms with Crippen molar-refractivity contribution >= 4 is 15.9 Å². The highest BCUT2D eigenvalue weighted by molar-refractivity contribution is 7.93. The molecule has 0 radical (unpaired) electrons. The summed E-state index contributed by atoms with van der Waals surface area (Å²) < 4.78 is 25.3. The first-order chi connectivity index (χ1) is 9.22. The summed E-state index contributed by atoms with van der Waals surface area (Å²) in [5.74, 6) is -1.06. The van der Waals surface area contributed by atoms with Crippen molar-refractivity contribution in [2.45, 2.75) is 13.1 Å². The maximum atomic E-state index is 12.3. The van der Waals surface area contributed by atoms with E-state index in [9.17, 15) is 13.2 Å². The molecule has 1 atom stereocenters. The minimum atomic E-state index is -4.08. The van der Waals surface area contributed by atoms with E-state index in [1.807, 2.05) is 0 Å². The second-order valence-corrected chi connectivity index (χ2v) is 5.79. The second-order valence-electron chi connectivity index (χ2n) is 3.84. The van der Waals surface area contributed by atoms with Crippen LogP contribution in [0.25, 0.3) is 0 Å². The summed E-state index contributed by atoms with van der Waals surface area (Å²) in [4.78, 5) is 11.0. The molecule has 0 rings (SSSR count). The predicted molar refractivity (Wildman–Crippen MR) is 76.8 cm³/mol. The first-order valence-corrected chi connectivity index (χ1v) is 6.98. The van der Waals surface area contributed by atoms with Gasteiger partial charge in [-0.15, -0.1) is 6.58 Å². The molecule has 0 fully saturated rings. The molecular formula is C12H19N3O4S. The standard InChI is InChI=1S/C12H19N3O4S/c1-5-7-15(11(13)12(16)14-17)20(18,19)10(4)8-9(3)6-2/h5-6,8,11,17H,1-2,4,7,13H2,3H3,(H,14,16)/b9-8+/t11-/m0/s1. The molecule has 0 saturated carbocycles. The number of hydroxylamine groups is 1. The van der Waals surface area contributed by atoms with Crippen LogP contribution in [0, 0.1) is 0 Å².